The van der Waals surface area contributed by atoms with Crippen LogP contribution in [0.2, 0.25) is 0 Å². The summed E-state index contributed by atoms with van der Waals surface area (Å²) in [4.78, 5) is 18.9. The SMILES string of the molecule is Cc1ccc(-c2cc(=O)[nH]c(NCc3ccc(F)cc3)n2)cc1. The van der Waals surface area contributed by atoms with Crippen molar-refractivity contribution in [3.63, 3.8) is 0 Å². The number of aromatic nitrogens is 2. The average molecular weight is 309 g/mol. The number of hydrogen-bond acceptors (Lipinski definition) is 3. The normalized spacial score (nSPS) is 10.5. The maximum Gasteiger partial charge on any atom is 0.252 e. The van der Waals surface area contributed by atoms with Gasteiger partial charge >= 0.3 is 0 Å². The highest BCUT2D eigenvalue weighted by atomic mass is 19.1. The summed E-state index contributed by atoms with van der Waals surface area (Å²) in [5.74, 6) is 0.110. The van der Waals surface area contributed by atoms with E-state index < -0.39 is 0 Å². The minimum atomic E-state index is -0.276. The highest BCUT2D eigenvalue weighted by Crippen LogP contribution is 2.17. The molecule has 1 aromatic heterocycles. The molecule has 23 heavy (non-hydrogen) atoms. The molecule has 116 valence electrons. The van der Waals surface area contributed by atoms with E-state index in [0.717, 1.165) is 16.7 Å². The van der Waals surface area contributed by atoms with Crippen molar-refractivity contribution in [1.82, 2.24) is 9.97 Å². The Morgan fingerprint density at radius 3 is 2.48 bits per heavy atom. The van der Waals surface area contributed by atoms with Crippen LogP contribution in [0.25, 0.3) is 11.3 Å². The number of aryl methyl sites for hydroxylation is 1. The van der Waals surface area contributed by atoms with Gasteiger partial charge in [-0.2, -0.15) is 0 Å². The van der Waals surface area contributed by atoms with Gasteiger partial charge in [-0.05, 0) is 24.6 Å². The lowest BCUT2D eigenvalue weighted by atomic mass is 10.1. The largest absolute Gasteiger partial charge is 0.352 e. The predicted molar refractivity (Wildman–Crippen MR) is 88.8 cm³/mol. The lowest BCUT2D eigenvalue weighted by molar-refractivity contribution is 0.627. The van der Waals surface area contributed by atoms with Crippen LogP contribution >= 0.6 is 0 Å². The minimum Gasteiger partial charge on any atom is -0.352 e. The third-order valence-corrected chi connectivity index (χ3v) is 3.46. The minimum absolute atomic E-state index is 0.225. The Morgan fingerprint density at radius 1 is 1.09 bits per heavy atom. The highest BCUT2D eigenvalue weighted by molar-refractivity contribution is 5.60. The zero-order chi connectivity index (χ0) is 16.2. The van der Waals surface area contributed by atoms with E-state index >= 15 is 0 Å². The Morgan fingerprint density at radius 2 is 1.78 bits per heavy atom. The van der Waals surface area contributed by atoms with E-state index in [-0.39, 0.29) is 11.4 Å². The van der Waals surface area contributed by atoms with Crippen molar-refractivity contribution in [2.75, 3.05) is 5.32 Å². The lowest BCUT2D eigenvalue weighted by Crippen LogP contribution is -2.12. The third-order valence-electron chi connectivity index (χ3n) is 3.46. The fourth-order valence-corrected chi connectivity index (χ4v) is 2.20. The summed E-state index contributed by atoms with van der Waals surface area (Å²) >= 11 is 0. The van der Waals surface area contributed by atoms with Crippen molar-refractivity contribution in [2.24, 2.45) is 0 Å². The van der Waals surface area contributed by atoms with Gasteiger partial charge in [-0.3, -0.25) is 9.78 Å². The van der Waals surface area contributed by atoms with E-state index in [1.165, 1.54) is 18.2 Å². The van der Waals surface area contributed by atoms with Crippen molar-refractivity contribution >= 4 is 5.95 Å². The van der Waals surface area contributed by atoms with Gasteiger partial charge in [0.2, 0.25) is 5.95 Å². The Bertz CT molecular complexity index is 855. The van der Waals surface area contributed by atoms with E-state index in [1.807, 2.05) is 31.2 Å². The van der Waals surface area contributed by atoms with Crippen molar-refractivity contribution in [3.05, 3.63) is 81.9 Å². The standard InChI is InChI=1S/C18H16FN3O/c1-12-2-6-14(7-3-12)16-10-17(23)22-18(21-16)20-11-13-4-8-15(19)9-5-13/h2-10H,11H2,1H3,(H2,20,21,22,23). The first-order valence-electron chi connectivity index (χ1n) is 7.27. The van der Waals surface area contributed by atoms with Crippen LogP contribution in [-0.2, 0) is 6.54 Å². The molecule has 0 unspecified atom stereocenters. The molecular formula is C18H16FN3O. The van der Waals surface area contributed by atoms with Crippen LogP contribution in [0.1, 0.15) is 11.1 Å². The van der Waals surface area contributed by atoms with Gasteiger partial charge in [0.1, 0.15) is 5.82 Å². The predicted octanol–water partition coefficient (Wildman–Crippen LogP) is 3.50. The van der Waals surface area contributed by atoms with Crippen molar-refractivity contribution in [1.29, 1.82) is 0 Å². The second-order valence-corrected chi connectivity index (χ2v) is 5.33. The van der Waals surface area contributed by atoms with Crippen LogP contribution in [0.5, 0.6) is 0 Å². The summed E-state index contributed by atoms with van der Waals surface area (Å²) in [5.41, 5.74) is 3.31. The van der Waals surface area contributed by atoms with Crippen LogP contribution < -0.4 is 10.9 Å². The zero-order valence-electron chi connectivity index (χ0n) is 12.6. The fourth-order valence-electron chi connectivity index (χ4n) is 2.20. The van der Waals surface area contributed by atoms with Gasteiger partial charge in [-0.1, -0.05) is 42.0 Å². The quantitative estimate of drug-likeness (QED) is 0.775. The molecule has 0 saturated heterocycles. The number of rotatable bonds is 4. The molecule has 0 amide bonds. The second kappa shape index (κ2) is 6.44. The molecule has 2 aromatic carbocycles. The van der Waals surface area contributed by atoms with Crippen molar-refractivity contribution in [2.45, 2.75) is 13.5 Å². The van der Waals surface area contributed by atoms with Crippen LogP contribution in [0.4, 0.5) is 10.3 Å². The monoisotopic (exact) mass is 309 g/mol. The maximum atomic E-state index is 12.9. The van der Waals surface area contributed by atoms with Gasteiger partial charge in [-0.25, -0.2) is 9.37 Å². The van der Waals surface area contributed by atoms with Crippen LogP contribution in [0, 0.1) is 12.7 Å². The van der Waals surface area contributed by atoms with E-state index in [0.29, 0.717) is 18.2 Å². The molecule has 3 aromatic rings. The Balaban J connectivity index is 1.81. The topological polar surface area (TPSA) is 57.8 Å². The molecule has 1 heterocycles. The summed E-state index contributed by atoms with van der Waals surface area (Å²) < 4.78 is 12.9. The molecule has 0 radical (unpaired) electrons. The molecular weight excluding hydrogens is 293 g/mol. The van der Waals surface area contributed by atoms with Gasteiger partial charge in [0.05, 0.1) is 5.69 Å². The van der Waals surface area contributed by atoms with Gasteiger partial charge in [0.15, 0.2) is 0 Å². The van der Waals surface area contributed by atoms with Crippen LogP contribution in [-0.4, -0.2) is 9.97 Å². The van der Waals surface area contributed by atoms with Gasteiger partial charge in [0.25, 0.3) is 5.56 Å². The summed E-state index contributed by atoms with van der Waals surface area (Å²) in [5, 5.41) is 3.05. The molecule has 0 bridgehead atoms. The Labute approximate surface area is 133 Å². The van der Waals surface area contributed by atoms with E-state index in [1.54, 1.807) is 12.1 Å². The van der Waals surface area contributed by atoms with Crippen molar-refractivity contribution < 1.29 is 4.39 Å². The van der Waals surface area contributed by atoms with Crippen molar-refractivity contribution in [3.8, 4) is 11.3 Å². The van der Waals surface area contributed by atoms with Crippen LogP contribution in [0.3, 0.4) is 0 Å². The first kappa shape index (κ1) is 15.0. The molecule has 0 aliphatic heterocycles. The number of hydrogen-bond donors (Lipinski definition) is 2. The van der Waals surface area contributed by atoms with Gasteiger partial charge in [-0.15, -0.1) is 0 Å². The van der Waals surface area contributed by atoms with Gasteiger partial charge < -0.3 is 5.32 Å². The number of aromatic amines is 1. The van der Waals surface area contributed by atoms with E-state index in [4.69, 9.17) is 0 Å². The Hall–Kier alpha value is -2.95. The molecule has 5 heteroatoms. The third kappa shape index (κ3) is 3.83. The first-order chi connectivity index (χ1) is 11.1. The number of halogens is 1. The molecule has 3 rings (SSSR count). The molecule has 0 aliphatic rings. The molecule has 4 nitrogen and oxygen atoms in total. The molecule has 0 saturated carbocycles. The number of anilines is 1. The summed E-state index contributed by atoms with van der Waals surface area (Å²) in [6.45, 7) is 2.45. The highest BCUT2D eigenvalue weighted by Gasteiger charge is 2.04. The second-order valence-electron chi connectivity index (χ2n) is 5.33. The number of H-pyrrole nitrogens is 1. The smallest absolute Gasteiger partial charge is 0.252 e. The van der Waals surface area contributed by atoms with Gasteiger partial charge in [0, 0.05) is 18.2 Å². The molecule has 0 spiro atoms. The average Bonchev–Trinajstić information content (AvgIpc) is 2.54. The maximum absolute atomic E-state index is 12.9. The number of benzene rings is 2. The number of nitrogens with one attached hydrogen (secondary N) is 2. The first-order valence-corrected chi connectivity index (χ1v) is 7.27. The molecule has 0 aliphatic carbocycles. The molecule has 0 atom stereocenters. The van der Waals surface area contributed by atoms with Crippen LogP contribution in [0.15, 0.2) is 59.4 Å². The van der Waals surface area contributed by atoms with E-state index in [2.05, 4.69) is 15.3 Å². The fraction of sp³-hybridized carbons (Fsp3) is 0.111. The zero-order valence-corrected chi connectivity index (χ0v) is 12.6. The molecule has 0 fully saturated rings. The number of nitrogens with zero attached hydrogens (tertiary/aromatic N) is 1. The molecule has 2 N–H and O–H groups in total. The lowest BCUT2D eigenvalue weighted by Gasteiger charge is -2.08. The Kier molecular flexibility index (Phi) is 4.19. The summed E-state index contributed by atoms with van der Waals surface area (Å²) in [7, 11) is 0. The van der Waals surface area contributed by atoms with E-state index in [9.17, 15) is 9.18 Å². The summed E-state index contributed by atoms with van der Waals surface area (Å²) in [6.07, 6.45) is 0. The summed E-state index contributed by atoms with van der Waals surface area (Å²) in [6, 6.07) is 15.4.